The molecule has 1 fully saturated rings. The second-order valence-electron chi connectivity index (χ2n) is 9.46. The number of aromatic hydroxyl groups is 1. The van der Waals surface area contributed by atoms with Crippen molar-refractivity contribution in [2.75, 3.05) is 26.2 Å². The summed E-state index contributed by atoms with van der Waals surface area (Å²) in [5, 5.41) is 10.8. The Morgan fingerprint density at radius 1 is 1.08 bits per heavy atom. The summed E-state index contributed by atoms with van der Waals surface area (Å²) >= 11 is 1.21. The van der Waals surface area contributed by atoms with Crippen molar-refractivity contribution < 1.29 is 27.8 Å². The highest BCUT2D eigenvalue weighted by Gasteiger charge is 2.30. The molecule has 0 aliphatic carbocycles. The molecule has 1 aliphatic rings. The van der Waals surface area contributed by atoms with E-state index in [9.17, 15) is 23.1 Å². The normalized spacial score (nSPS) is 16.4. The number of likely N-dealkylation sites (tertiary alicyclic amines) is 1. The Labute approximate surface area is 216 Å². The molecule has 4 aromatic rings. The zero-order chi connectivity index (χ0) is 26.2. The number of benzene rings is 3. The Morgan fingerprint density at radius 2 is 1.81 bits per heavy atom. The van der Waals surface area contributed by atoms with E-state index in [0.29, 0.717) is 21.7 Å². The molecule has 37 heavy (non-hydrogen) atoms. The molecule has 8 heteroatoms. The zero-order valence-corrected chi connectivity index (χ0v) is 21.0. The molecule has 4 nitrogen and oxygen atoms in total. The highest BCUT2D eigenvalue weighted by molar-refractivity contribution is 7.21. The first kappa shape index (κ1) is 25.3. The van der Waals surface area contributed by atoms with Gasteiger partial charge in [-0.1, -0.05) is 31.2 Å². The van der Waals surface area contributed by atoms with Gasteiger partial charge >= 0.3 is 6.18 Å². The third-order valence-electron chi connectivity index (χ3n) is 6.68. The maximum absolute atomic E-state index is 13.5. The summed E-state index contributed by atoms with van der Waals surface area (Å²) in [6, 6.07) is 16.6. The Balaban J connectivity index is 1.42. The predicted octanol–water partition coefficient (Wildman–Crippen LogP) is 7.24. The smallest absolute Gasteiger partial charge is 0.416 e. The van der Waals surface area contributed by atoms with Crippen molar-refractivity contribution in [3.8, 4) is 22.6 Å². The third kappa shape index (κ3) is 5.50. The fourth-order valence-corrected chi connectivity index (χ4v) is 5.93. The third-order valence-corrected chi connectivity index (χ3v) is 7.83. The first-order valence-corrected chi connectivity index (χ1v) is 12.9. The number of rotatable bonds is 7. The summed E-state index contributed by atoms with van der Waals surface area (Å²) in [4.78, 5) is 16.2. The molecule has 0 spiro atoms. The van der Waals surface area contributed by atoms with Crippen molar-refractivity contribution in [1.29, 1.82) is 0 Å². The topological polar surface area (TPSA) is 49.8 Å². The maximum Gasteiger partial charge on any atom is 0.416 e. The van der Waals surface area contributed by atoms with Gasteiger partial charge in [0.1, 0.15) is 18.1 Å². The van der Waals surface area contributed by atoms with E-state index in [0.717, 1.165) is 54.4 Å². The molecule has 0 saturated carbocycles. The summed E-state index contributed by atoms with van der Waals surface area (Å²) < 4.78 is 45.6. The molecule has 5 rings (SSSR count). The number of ether oxygens (including phenoxy) is 1. The molecule has 1 saturated heterocycles. The van der Waals surface area contributed by atoms with E-state index >= 15 is 0 Å². The van der Waals surface area contributed by atoms with Gasteiger partial charge in [-0.15, -0.1) is 11.3 Å². The number of ketones is 1. The lowest BCUT2D eigenvalue weighted by Crippen LogP contribution is -2.25. The molecule has 2 heterocycles. The van der Waals surface area contributed by atoms with Gasteiger partial charge in [0.05, 0.1) is 10.4 Å². The average Bonchev–Trinajstić information content (AvgIpc) is 3.46. The quantitative estimate of drug-likeness (QED) is 0.258. The molecule has 3 aromatic carbocycles. The van der Waals surface area contributed by atoms with Gasteiger partial charge in [0.15, 0.2) is 0 Å². The number of carbonyl (C=O) groups is 1. The van der Waals surface area contributed by atoms with Crippen LogP contribution in [0.3, 0.4) is 0 Å². The maximum atomic E-state index is 13.5. The number of hydrogen-bond acceptors (Lipinski definition) is 5. The van der Waals surface area contributed by atoms with E-state index in [1.54, 1.807) is 18.2 Å². The van der Waals surface area contributed by atoms with Crippen molar-refractivity contribution in [2.45, 2.75) is 19.5 Å². The number of fused-ring (bicyclic) bond motifs is 1. The van der Waals surface area contributed by atoms with Gasteiger partial charge in [0.2, 0.25) is 5.78 Å². The average molecular weight is 526 g/mol. The van der Waals surface area contributed by atoms with Crippen LogP contribution in [0.5, 0.6) is 11.5 Å². The van der Waals surface area contributed by atoms with Crippen molar-refractivity contribution in [2.24, 2.45) is 5.92 Å². The molecular formula is C29H26F3NO3S. The summed E-state index contributed by atoms with van der Waals surface area (Å²) in [5.41, 5.74) is 0.831. The van der Waals surface area contributed by atoms with Crippen LogP contribution in [-0.4, -0.2) is 42.0 Å². The Morgan fingerprint density at radius 3 is 2.46 bits per heavy atom. The molecule has 0 amide bonds. The standard InChI is InChI=1S/C29H26F3NO3S/c1-18-12-13-33(17-18)14-15-36-23-9-4-19(5-10-23)26-24-11-8-22(34)16-25(24)37-28(26)27(35)20-2-6-21(7-3-20)29(30,31)32/h2-11,16,18,34H,12-15,17H2,1H3/t18-/m1/s1. The van der Waals surface area contributed by atoms with Crippen LogP contribution in [0.1, 0.15) is 34.1 Å². The summed E-state index contributed by atoms with van der Waals surface area (Å²) in [6.45, 7) is 5.91. The molecule has 1 aliphatic heterocycles. The van der Waals surface area contributed by atoms with Crippen LogP contribution in [0.4, 0.5) is 13.2 Å². The molecule has 192 valence electrons. The number of phenols is 1. The molecule has 1 N–H and O–H groups in total. The zero-order valence-electron chi connectivity index (χ0n) is 20.2. The van der Waals surface area contributed by atoms with Crippen LogP contribution < -0.4 is 4.74 Å². The van der Waals surface area contributed by atoms with Gasteiger partial charge in [-0.05, 0) is 66.9 Å². The van der Waals surface area contributed by atoms with Crippen LogP contribution in [0.15, 0.2) is 66.7 Å². The van der Waals surface area contributed by atoms with Gasteiger partial charge in [0, 0.05) is 34.3 Å². The number of alkyl halides is 3. The summed E-state index contributed by atoms with van der Waals surface area (Å²) in [7, 11) is 0. The monoisotopic (exact) mass is 525 g/mol. The number of nitrogens with zero attached hydrogens (tertiary/aromatic N) is 1. The highest BCUT2D eigenvalue weighted by atomic mass is 32.1. The van der Waals surface area contributed by atoms with E-state index < -0.39 is 11.7 Å². The van der Waals surface area contributed by atoms with Gasteiger partial charge in [-0.25, -0.2) is 0 Å². The lowest BCUT2D eigenvalue weighted by atomic mass is 9.97. The number of carbonyl (C=O) groups excluding carboxylic acids is 1. The van der Waals surface area contributed by atoms with Crippen molar-refractivity contribution in [1.82, 2.24) is 4.90 Å². The fourth-order valence-electron chi connectivity index (χ4n) is 4.71. The van der Waals surface area contributed by atoms with E-state index in [1.807, 2.05) is 24.3 Å². The molecular weight excluding hydrogens is 499 g/mol. The van der Waals surface area contributed by atoms with Crippen LogP contribution >= 0.6 is 11.3 Å². The first-order valence-electron chi connectivity index (χ1n) is 12.1. The lowest BCUT2D eigenvalue weighted by Gasteiger charge is -2.15. The van der Waals surface area contributed by atoms with Gasteiger partial charge in [-0.3, -0.25) is 9.69 Å². The number of thiophene rings is 1. The van der Waals surface area contributed by atoms with Crippen molar-refractivity contribution in [3.05, 3.63) is 82.7 Å². The van der Waals surface area contributed by atoms with E-state index in [1.165, 1.54) is 29.9 Å². The number of phenolic OH excluding ortho intramolecular Hbond substituents is 1. The summed E-state index contributed by atoms with van der Waals surface area (Å²) in [5.74, 6) is 1.15. The minimum Gasteiger partial charge on any atom is -0.508 e. The highest BCUT2D eigenvalue weighted by Crippen LogP contribution is 2.42. The Kier molecular flexibility index (Phi) is 6.96. The SMILES string of the molecule is C[C@@H]1CCN(CCOc2ccc(-c3c(C(=O)c4ccc(C(F)(F)F)cc4)sc4cc(O)ccc34)cc2)C1. The van der Waals surface area contributed by atoms with Gasteiger partial charge < -0.3 is 9.84 Å². The van der Waals surface area contributed by atoms with Gasteiger partial charge in [-0.2, -0.15) is 13.2 Å². The van der Waals surface area contributed by atoms with Crippen LogP contribution in [0, 0.1) is 5.92 Å². The van der Waals surface area contributed by atoms with E-state index in [4.69, 9.17) is 4.74 Å². The second kappa shape index (κ2) is 10.2. The predicted molar refractivity (Wildman–Crippen MR) is 140 cm³/mol. The van der Waals surface area contributed by atoms with E-state index in [2.05, 4.69) is 11.8 Å². The van der Waals surface area contributed by atoms with Crippen molar-refractivity contribution in [3.63, 3.8) is 0 Å². The number of halogens is 3. The first-order chi connectivity index (χ1) is 17.7. The molecule has 0 bridgehead atoms. The summed E-state index contributed by atoms with van der Waals surface area (Å²) in [6.07, 6.45) is -3.26. The second-order valence-corrected chi connectivity index (χ2v) is 10.5. The minimum absolute atomic E-state index is 0.0740. The molecule has 0 radical (unpaired) electrons. The van der Waals surface area contributed by atoms with Crippen LogP contribution in [0.2, 0.25) is 0 Å². The van der Waals surface area contributed by atoms with Crippen molar-refractivity contribution >= 4 is 27.2 Å². The Bertz CT molecular complexity index is 1410. The van der Waals surface area contributed by atoms with Gasteiger partial charge in [0.25, 0.3) is 0 Å². The largest absolute Gasteiger partial charge is 0.508 e. The van der Waals surface area contributed by atoms with Crippen LogP contribution in [0.25, 0.3) is 21.2 Å². The molecule has 1 aromatic heterocycles. The molecule has 0 unspecified atom stereocenters. The molecule has 1 atom stereocenters. The van der Waals surface area contributed by atoms with E-state index in [-0.39, 0.29) is 17.1 Å². The Hall–Kier alpha value is -3.36. The van der Waals surface area contributed by atoms with Crippen LogP contribution in [-0.2, 0) is 6.18 Å². The minimum atomic E-state index is -4.47. The number of hydrogen-bond donors (Lipinski definition) is 1. The fraction of sp³-hybridized carbons (Fsp3) is 0.276. The lowest BCUT2D eigenvalue weighted by molar-refractivity contribution is -0.137.